The number of nitrogens with zero attached hydrogens (tertiary/aromatic N) is 2. The molecule has 6 heteroatoms. The number of benzene rings is 3. The van der Waals surface area contributed by atoms with Gasteiger partial charge in [0.05, 0.1) is 12.5 Å². The first kappa shape index (κ1) is 27.7. The van der Waals surface area contributed by atoms with Crippen molar-refractivity contribution >= 4 is 23.4 Å². The Morgan fingerprint density at radius 3 is 2.16 bits per heavy atom. The maximum absolute atomic E-state index is 13.5. The van der Waals surface area contributed by atoms with Crippen LogP contribution in [0.5, 0.6) is 5.75 Å². The Hall–Kier alpha value is -3.31. The van der Waals surface area contributed by atoms with Crippen molar-refractivity contribution in [1.82, 2.24) is 9.80 Å². The summed E-state index contributed by atoms with van der Waals surface area (Å²) in [7, 11) is 1.85. The Bertz CT molecular complexity index is 1180. The van der Waals surface area contributed by atoms with Crippen LogP contribution < -0.4 is 4.74 Å². The highest BCUT2D eigenvalue weighted by Gasteiger charge is 2.40. The van der Waals surface area contributed by atoms with Crippen LogP contribution in [0.2, 0.25) is 5.02 Å². The van der Waals surface area contributed by atoms with Gasteiger partial charge in [-0.05, 0) is 54.7 Å². The Kier molecular flexibility index (Phi) is 9.46. The van der Waals surface area contributed by atoms with E-state index in [2.05, 4.69) is 6.92 Å². The number of amides is 2. The first-order valence-electron chi connectivity index (χ1n) is 13.4. The lowest BCUT2D eigenvalue weighted by Crippen LogP contribution is -2.48. The molecule has 1 aliphatic rings. The lowest BCUT2D eigenvalue weighted by atomic mass is 9.75. The smallest absolute Gasteiger partial charge is 0.230 e. The van der Waals surface area contributed by atoms with Gasteiger partial charge in [-0.1, -0.05) is 79.2 Å². The monoisotopic (exact) mass is 532 g/mol. The molecule has 0 bridgehead atoms. The minimum atomic E-state index is -0.354. The lowest BCUT2D eigenvalue weighted by molar-refractivity contribution is -0.138. The number of hydrogen-bond acceptors (Lipinski definition) is 3. The number of likely N-dealkylation sites (tertiary alicyclic amines) is 1. The van der Waals surface area contributed by atoms with Gasteiger partial charge >= 0.3 is 0 Å². The van der Waals surface area contributed by atoms with Crippen LogP contribution in [0, 0.1) is 5.41 Å². The maximum atomic E-state index is 13.5. The van der Waals surface area contributed by atoms with E-state index in [-0.39, 0.29) is 23.1 Å². The van der Waals surface area contributed by atoms with E-state index >= 15 is 0 Å². The molecule has 0 N–H and O–H groups in total. The van der Waals surface area contributed by atoms with Gasteiger partial charge in [0, 0.05) is 43.5 Å². The van der Waals surface area contributed by atoms with Crippen LogP contribution in [0.25, 0.3) is 0 Å². The highest BCUT2D eigenvalue weighted by Crippen LogP contribution is 2.38. The Morgan fingerprint density at radius 2 is 1.55 bits per heavy atom. The fraction of sp³-hybridized carbons (Fsp3) is 0.375. The summed E-state index contributed by atoms with van der Waals surface area (Å²) in [4.78, 5) is 30.7. The SMILES string of the molecule is CC[C@H](C(=O)N1CCC(COc2ccc(Cl)cc2)(CC(=O)N(C)Cc2ccccc2)CC1)c1ccccc1. The standard InChI is InChI=1S/C32H37ClN2O3/c1-3-29(26-12-8-5-9-13-26)31(37)35-20-18-32(19-21-35,24-38-28-16-14-27(33)15-17-28)22-30(36)34(2)23-25-10-6-4-7-11-25/h4-17,29H,3,18-24H2,1-2H3/t29-/m0/s1. The summed E-state index contributed by atoms with van der Waals surface area (Å²) in [6.07, 6.45) is 2.56. The van der Waals surface area contributed by atoms with Gasteiger partial charge in [0.2, 0.25) is 11.8 Å². The molecule has 1 saturated heterocycles. The van der Waals surface area contributed by atoms with E-state index in [1.54, 1.807) is 17.0 Å². The summed E-state index contributed by atoms with van der Waals surface area (Å²) in [6.45, 7) is 4.26. The molecule has 1 atom stereocenters. The van der Waals surface area contributed by atoms with Crippen LogP contribution in [0.3, 0.4) is 0 Å². The Morgan fingerprint density at radius 1 is 0.947 bits per heavy atom. The molecular weight excluding hydrogens is 496 g/mol. The molecule has 0 aliphatic carbocycles. The van der Waals surface area contributed by atoms with Crippen molar-refractivity contribution in [3.63, 3.8) is 0 Å². The summed E-state index contributed by atoms with van der Waals surface area (Å²) in [5.41, 5.74) is 1.80. The molecule has 2 amide bonds. The number of piperidine rings is 1. The van der Waals surface area contributed by atoms with Gasteiger partial charge in [-0.25, -0.2) is 0 Å². The number of rotatable bonds is 10. The van der Waals surface area contributed by atoms with E-state index in [0.717, 1.165) is 23.3 Å². The molecule has 3 aromatic carbocycles. The van der Waals surface area contributed by atoms with Gasteiger partial charge in [0.1, 0.15) is 5.75 Å². The van der Waals surface area contributed by atoms with Crippen LogP contribution in [0.15, 0.2) is 84.9 Å². The van der Waals surface area contributed by atoms with E-state index in [1.807, 2.05) is 84.7 Å². The lowest BCUT2D eigenvalue weighted by Gasteiger charge is -2.42. The van der Waals surface area contributed by atoms with Gasteiger partial charge < -0.3 is 14.5 Å². The molecule has 0 radical (unpaired) electrons. The van der Waals surface area contributed by atoms with Crippen molar-refractivity contribution < 1.29 is 14.3 Å². The van der Waals surface area contributed by atoms with Crippen LogP contribution in [0.1, 0.15) is 49.7 Å². The molecule has 1 fully saturated rings. The van der Waals surface area contributed by atoms with Gasteiger partial charge in [-0.15, -0.1) is 0 Å². The van der Waals surface area contributed by atoms with Crippen LogP contribution in [-0.4, -0.2) is 48.4 Å². The summed E-state index contributed by atoms with van der Waals surface area (Å²) < 4.78 is 6.20. The number of hydrogen-bond donors (Lipinski definition) is 0. The predicted octanol–water partition coefficient (Wildman–Crippen LogP) is 6.57. The van der Waals surface area contributed by atoms with Crippen molar-refractivity contribution in [2.24, 2.45) is 5.41 Å². The first-order valence-corrected chi connectivity index (χ1v) is 13.8. The normalized spacial score (nSPS) is 15.5. The Balaban J connectivity index is 1.45. The summed E-state index contributed by atoms with van der Waals surface area (Å²) >= 11 is 6.04. The van der Waals surface area contributed by atoms with E-state index in [9.17, 15) is 9.59 Å². The summed E-state index contributed by atoms with van der Waals surface area (Å²) in [5.74, 6) is 0.836. The summed E-state index contributed by atoms with van der Waals surface area (Å²) in [5, 5.41) is 0.653. The molecule has 1 aliphatic heterocycles. The zero-order valence-corrected chi connectivity index (χ0v) is 23.1. The second-order valence-corrected chi connectivity index (χ2v) is 10.8. The van der Waals surface area contributed by atoms with Gasteiger partial charge in [-0.2, -0.15) is 0 Å². The van der Waals surface area contributed by atoms with Crippen LogP contribution >= 0.6 is 11.6 Å². The summed E-state index contributed by atoms with van der Waals surface area (Å²) in [6, 6.07) is 27.3. The van der Waals surface area contributed by atoms with Crippen molar-refractivity contribution in [1.29, 1.82) is 0 Å². The molecule has 0 saturated carbocycles. The van der Waals surface area contributed by atoms with E-state index < -0.39 is 0 Å². The largest absolute Gasteiger partial charge is 0.493 e. The topological polar surface area (TPSA) is 49.9 Å². The molecule has 3 aromatic rings. The molecule has 200 valence electrons. The third-order valence-electron chi connectivity index (χ3n) is 7.62. The van der Waals surface area contributed by atoms with Crippen molar-refractivity contribution in [2.75, 3.05) is 26.7 Å². The molecule has 4 rings (SSSR count). The molecule has 0 unspecified atom stereocenters. The van der Waals surface area contributed by atoms with E-state index in [1.165, 1.54) is 0 Å². The molecule has 1 heterocycles. The Labute approximate surface area is 231 Å². The van der Waals surface area contributed by atoms with E-state index in [0.29, 0.717) is 50.5 Å². The van der Waals surface area contributed by atoms with Crippen molar-refractivity contribution in [3.05, 3.63) is 101 Å². The number of carbonyl (C=O) groups excluding carboxylic acids is 2. The highest BCUT2D eigenvalue weighted by molar-refractivity contribution is 6.30. The molecular formula is C32H37ClN2O3. The minimum Gasteiger partial charge on any atom is -0.493 e. The molecule has 0 spiro atoms. The fourth-order valence-corrected chi connectivity index (χ4v) is 5.33. The van der Waals surface area contributed by atoms with Crippen molar-refractivity contribution in [2.45, 2.75) is 45.1 Å². The zero-order valence-electron chi connectivity index (χ0n) is 22.3. The molecule has 5 nitrogen and oxygen atoms in total. The highest BCUT2D eigenvalue weighted by atomic mass is 35.5. The third kappa shape index (κ3) is 7.16. The molecule has 38 heavy (non-hydrogen) atoms. The fourth-order valence-electron chi connectivity index (χ4n) is 5.20. The van der Waals surface area contributed by atoms with Gasteiger partial charge in [0.25, 0.3) is 0 Å². The van der Waals surface area contributed by atoms with Crippen molar-refractivity contribution in [3.8, 4) is 5.75 Å². The van der Waals surface area contributed by atoms with Gasteiger partial charge in [0.15, 0.2) is 0 Å². The molecule has 0 aromatic heterocycles. The quantitative estimate of drug-likeness (QED) is 0.297. The third-order valence-corrected chi connectivity index (χ3v) is 7.87. The zero-order chi connectivity index (χ0) is 27.0. The maximum Gasteiger partial charge on any atom is 0.230 e. The second-order valence-electron chi connectivity index (χ2n) is 10.4. The number of carbonyl (C=O) groups is 2. The second kappa shape index (κ2) is 13.0. The number of halogens is 1. The minimum absolute atomic E-state index is 0.0871. The van der Waals surface area contributed by atoms with Crippen LogP contribution in [-0.2, 0) is 16.1 Å². The van der Waals surface area contributed by atoms with Gasteiger partial charge in [-0.3, -0.25) is 9.59 Å². The predicted molar refractivity (Wildman–Crippen MR) is 152 cm³/mol. The van der Waals surface area contributed by atoms with Crippen LogP contribution in [0.4, 0.5) is 0 Å². The van der Waals surface area contributed by atoms with E-state index in [4.69, 9.17) is 16.3 Å². The first-order chi connectivity index (χ1) is 18.4. The average Bonchev–Trinajstić information content (AvgIpc) is 2.94. The average molecular weight is 533 g/mol. The number of ether oxygens (including phenoxy) is 1.